The molecule has 0 fully saturated rings. The Morgan fingerprint density at radius 3 is 3.06 bits per heavy atom. The summed E-state index contributed by atoms with van der Waals surface area (Å²) in [5.41, 5.74) is 1.39. The number of aryl methyl sites for hydroxylation is 1. The molecule has 2 heterocycles. The summed E-state index contributed by atoms with van der Waals surface area (Å²) >= 11 is 1.30. The van der Waals surface area contributed by atoms with Crippen LogP contribution in [0.2, 0.25) is 0 Å². The zero-order valence-corrected chi connectivity index (χ0v) is 10.8. The zero-order chi connectivity index (χ0) is 13.0. The number of aromatic nitrogens is 4. The number of carbonyl (C=O) groups is 1. The number of aromatic amines is 1. The van der Waals surface area contributed by atoms with Gasteiger partial charge in [-0.2, -0.15) is 15.4 Å². The minimum absolute atomic E-state index is 0.325. The van der Waals surface area contributed by atoms with Crippen LogP contribution >= 0.6 is 11.3 Å². The van der Waals surface area contributed by atoms with Crippen molar-refractivity contribution in [2.75, 3.05) is 6.61 Å². The van der Waals surface area contributed by atoms with E-state index in [4.69, 9.17) is 4.74 Å². The fourth-order valence-electron chi connectivity index (χ4n) is 1.32. The molecule has 0 saturated heterocycles. The van der Waals surface area contributed by atoms with Gasteiger partial charge in [-0.05, 0) is 26.0 Å². The number of hydrogen-bond donors (Lipinski definition) is 1. The molecule has 0 spiro atoms. The van der Waals surface area contributed by atoms with Crippen LogP contribution < -0.4 is 0 Å². The number of esters is 1. The molecule has 0 bridgehead atoms. The number of nitrogens with zero attached hydrogens (tertiary/aromatic N) is 3. The SMILES string of the molecule is CCOC(=O)c1sc(/C=C/c2cn[nH]n2)nc1C. The third kappa shape index (κ3) is 2.80. The Morgan fingerprint density at radius 2 is 2.39 bits per heavy atom. The molecule has 0 radical (unpaired) electrons. The highest BCUT2D eigenvalue weighted by atomic mass is 32.1. The monoisotopic (exact) mass is 264 g/mol. The quantitative estimate of drug-likeness (QED) is 0.853. The summed E-state index contributed by atoms with van der Waals surface area (Å²) in [5.74, 6) is -0.325. The standard InChI is InChI=1S/C11H12N4O2S/c1-3-17-11(16)10-7(2)13-9(18-10)5-4-8-6-12-15-14-8/h4-6H,3H2,1-2H3,(H,12,14,15)/b5-4+. The van der Waals surface area contributed by atoms with Gasteiger partial charge in [-0.15, -0.1) is 11.3 Å². The molecule has 6 nitrogen and oxygen atoms in total. The van der Waals surface area contributed by atoms with Gasteiger partial charge in [-0.25, -0.2) is 9.78 Å². The van der Waals surface area contributed by atoms with Crippen molar-refractivity contribution in [2.24, 2.45) is 0 Å². The summed E-state index contributed by atoms with van der Waals surface area (Å²) in [6, 6.07) is 0. The van der Waals surface area contributed by atoms with E-state index in [9.17, 15) is 4.79 Å². The van der Waals surface area contributed by atoms with E-state index in [2.05, 4.69) is 20.4 Å². The Hall–Kier alpha value is -2.02. The lowest BCUT2D eigenvalue weighted by atomic mass is 10.4. The lowest BCUT2D eigenvalue weighted by Gasteiger charge is -1.97. The smallest absolute Gasteiger partial charge is 0.350 e. The van der Waals surface area contributed by atoms with Gasteiger partial charge in [-0.3, -0.25) is 0 Å². The van der Waals surface area contributed by atoms with E-state index in [0.717, 1.165) is 5.01 Å². The Labute approximate surface area is 108 Å². The number of H-pyrrole nitrogens is 1. The van der Waals surface area contributed by atoms with Crippen LogP contribution in [0, 0.1) is 6.92 Å². The molecule has 0 amide bonds. The van der Waals surface area contributed by atoms with Crippen LogP contribution in [-0.2, 0) is 4.74 Å². The van der Waals surface area contributed by atoms with Gasteiger partial charge in [-0.1, -0.05) is 0 Å². The fourth-order valence-corrected chi connectivity index (χ4v) is 2.19. The summed E-state index contributed by atoms with van der Waals surface area (Å²) in [6.45, 7) is 3.93. The second kappa shape index (κ2) is 5.54. The van der Waals surface area contributed by atoms with Gasteiger partial charge in [0.2, 0.25) is 0 Å². The van der Waals surface area contributed by atoms with Crippen molar-refractivity contribution in [3.8, 4) is 0 Å². The van der Waals surface area contributed by atoms with Crippen LogP contribution in [0.3, 0.4) is 0 Å². The van der Waals surface area contributed by atoms with Crippen molar-refractivity contribution >= 4 is 29.5 Å². The van der Waals surface area contributed by atoms with E-state index in [1.165, 1.54) is 11.3 Å². The Bertz CT molecular complexity index is 560. The van der Waals surface area contributed by atoms with Crippen molar-refractivity contribution in [3.05, 3.63) is 27.5 Å². The maximum atomic E-state index is 11.6. The molecule has 0 atom stereocenters. The van der Waals surface area contributed by atoms with E-state index in [0.29, 0.717) is 22.9 Å². The normalized spacial score (nSPS) is 11.0. The molecule has 2 aromatic heterocycles. The zero-order valence-electron chi connectivity index (χ0n) is 10.0. The number of carbonyl (C=O) groups excluding carboxylic acids is 1. The predicted octanol–water partition coefficient (Wildman–Crippen LogP) is 1.92. The first-order chi connectivity index (χ1) is 8.70. The van der Waals surface area contributed by atoms with Crippen molar-refractivity contribution < 1.29 is 9.53 Å². The van der Waals surface area contributed by atoms with Gasteiger partial charge >= 0.3 is 5.97 Å². The summed E-state index contributed by atoms with van der Waals surface area (Å²) in [6.07, 6.45) is 5.16. The summed E-state index contributed by atoms with van der Waals surface area (Å²) in [7, 11) is 0. The lowest BCUT2D eigenvalue weighted by molar-refractivity contribution is 0.0531. The summed E-state index contributed by atoms with van der Waals surface area (Å²) in [5, 5.41) is 10.8. The molecule has 18 heavy (non-hydrogen) atoms. The van der Waals surface area contributed by atoms with Crippen molar-refractivity contribution in [1.82, 2.24) is 20.4 Å². The average molecular weight is 264 g/mol. The van der Waals surface area contributed by atoms with Gasteiger partial charge in [0.25, 0.3) is 0 Å². The molecule has 0 aliphatic rings. The molecule has 2 aromatic rings. The number of rotatable bonds is 4. The van der Waals surface area contributed by atoms with E-state index in [1.54, 1.807) is 32.2 Å². The van der Waals surface area contributed by atoms with Crippen LogP contribution in [0.5, 0.6) is 0 Å². The predicted molar refractivity (Wildman–Crippen MR) is 68.1 cm³/mol. The van der Waals surface area contributed by atoms with Crippen LogP contribution in [0.25, 0.3) is 12.2 Å². The molecular weight excluding hydrogens is 252 g/mol. The van der Waals surface area contributed by atoms with Crippen molar-refractivity contribution in [2.45, 2.75) is 13.8 Å². The molecule has 94 valence electrons. The number of thiazole rings is 1. The molecular formula is C11H12N4O2S. The van der Waals surface area contributed by atoms with E-state index < -0.39 is 0 Å². The minimum atomic E-state index is -0.325. The number of ether oxygens (including phenoxy) is 1. The maximum Gasteiger partial charge on any atom is 0.350 e. The second-order valence-corrected chi connectivity index (χ2v) is 4.45. The number of nitrogens with one attached hydrogen (secondary N) is 1. The molecule has 0 aliphatic carbocycles. The first-order valence-corrected chi connectivity index (χ1v) is 6.20. The van der Waals surface area contributed by atoms with E-state index >= 15 is 0 Å². The Morgan fingerprint density at radius 1 is 1.56 bits per heavy atom. The fraction of sp³-hybridized carbons (Fsp3) is 0.273. The van der Waals surface area contributed by atoms with Crippen LogP contribution in [0.15, 0.2) is 6.20 Å². The molecule has 2 rings (SSSR count). The summed E-state index contributed by atoms with van der Waals surface area (Å²) < 4.78 is 4.95. The van der Waals surface area contributed by atoms with Crippen LogP contribution in [-0.4, -0.2) is 33.0 Å². The molecule has 1 N–H and O–H groups in total. The third-order valence-electron chi connectivity index (χ3n) is 2.10. The van der Waals surface area contributed by atoms with Gasteiger partial charge in [0, 0.05) is 0 Å². The van der Waals surface area contributed by atoms with Gasteiger partial charge in [0.15, 0.2) is 0 Å². The summed E-state index contributed by atoms with van der Waals surface area (Å²) in [4.78, 5) is 16.4. The van der Waals surface area contributed by atoms with Gasteiger partial charge < -0.3 is 4.74 Å². The third-order valence-corrected chi connectivity index (χ3v) is 3.21. The highest BCUT2D eigenvalue weighted by Gasteiger charge is 2.14. The molecule has 0 aromatic carbocycles. The second-order valence-electron chi connectivity index (χ2n) is 3.42. The molecule has 7 heteroatoms. The molecule has 0 aliphatic heterocycles. The van der Waals surface area contributed by atoms with Crippen molar-refractivity contribution in [3.63, 3.8) is 0 Å². The van der Waals surface area contributed by atoms with Gasteiger partial charge in [0.05, 0.1) is 18.5 Å². The van der Waals surface area contributed by atoms with Gasteiger partial charge in [0.1, 0.15) is 15.6 Å². The number of hydrogen-bond acceptors (Lipinski definition) is 6. The minimum Gasteiger partial charge on any atom is -0.462 e. The van der Waals surface area contributed by atoms with Crippen LogP contribution in [0.1, 0.15) is 33.0 Å². The van der Waals surface area contributed by atoms with E-state index in [1.807, 2.05) is 0 Å². The van der Waals surface area contributed by atoms with Crippen molar-refractivity contribution in [1.29, 1.82) is 0 Å². The first kappa shape index (κ1) is 12.4. The first-order valence-electron chi connectivity index (χ1n) is 5.39. The highest BCUT2D eigenvalue weighted by Crippen LogP contribution is 2.20. The lowest BCUT2D eigenvalue weighted by Crippen LogP contribution is -2.03. The topological polar surface area (TPSA) is 80.8 Å². The maximum absolute atomic E-state index is 11.6. The Kier molecular flexibility index (Phi) is 3.83. The Balaban J connectivity index is 2.16. The van der Waals surface area contributed by atoms with E-state index in [-0.39, 0.29) is 5.97 Å². The van der Waals surface area contributed by atoms with Crippen LogP contribution in [0.4, 0.5) is 0 Å². The molecule has 0 unspecified atom stereocenters. The largest absolute Gasteiger partial charge is 0.462 e. The molecule has 0 saturated carbocycles. The average Bonchev–Trinajstić information content (AvgIpc) is 2.96. The highest BCUT2D eigenvalue weighted by molar-refractivity contribution is 7.14.